The van der Waals surface area contributed by atoms with E-state index in [1.54, 1.807) is 0 Å². The third-order valence-corrected chi connectivity index (χ3v) is 2.44. The van der Waals surface area contributed by atoms with Crippen LogP contribution in [0.3, 0.4) is 0 Å². The molecule has 106 valence electrons. The van der Waals surface area contributed by atoms with E-state index in [-0.39, 0.29) is 18.2 Å². The highest BCUT2D eigenvalue weighted by atomic mass is 19.4. The van der Waals surface area contributed by atoms with E-state index in [1.807, 2.05) is 0 Å². The molecule has 1 heterocycles. The van der Waals surface area contributed by atoms with Gasteiger partial charge in [-0.2, -0.15) is 13.2 Å². The standard InChI is InChI=1S/C11H14F3N3O2/c1-6(9(18)19)5-17(3)10-15-7(2)4-8(16-10)11(12,13)14/h4,6H,5H2,1-3H3,(H,18,19). The van der Waals surface area contributed by atoms with Gasteiger partial charge in [0.25, 0.3) is 0 Å². The number of hydrogen-bond acceptors (Lipinski definition) is 4. The number of halogens is 3. The lowest BCUT2D eigenvalue weighted by Gasteiger charge is -2.20. The highest BCUT2D eigenvalue weighted by Gasteiger charge is 2.33. The summed E-state index contributed by atoms with van der Waals surface area (Å²) in [5, 5.41) is 8.77. The number of hydrogen-bond donors (Lipinski definition) is 1. The Hall–Kier alpha value is -1.86. The molecule has 0 radical (unpaired) electrons. The molecular weight excluding hydrogens is 263 g/mol. The van der Waals surface area contributed by atoms with Crippen molar-refractivity contribution >= 4 is 11.9 Å². The summed E-state index contributed by atoms with van der Waals surface area (Å²) in [6.45, 7) is 2.91. The number of carbonyl (C=O) groups is 1. The van der Waals surface area contributed by atoms with Gasteiger partial charge in [0.15, 0.2) is 0 Å². The highest BCUT2D eigenvalue weighted by molar-refractivity contribution is 5.70. The molecule has 0 saturated carbocycles. The number of carboxylic acid groups (broad SMARTS) is 1. The Morgan fingerprint density at radius 1 is 1.47 bits per heavy atom. The quantitative estimate of drug-likeness (QED) is 0.911. The van der Waals surface area contributed by atoms with Crippen molar-refractivity contribution in [3.8, 4) is 0 Å². The van der Waals surface area contributed by atoms with Gasteiger partial charge >= 0.3 is 12.1 Å². The molecule has 0 fully saturated rings. The van der Waals surface area contributed by atoms with Gasteiger partial charge in [-0.05, 0) is 13.0 Å². The zero-order valence-electron chi connectivity index (χ0n) is 10.7. The van der Waals surface area contributed by atoms with Crippen LogP contribution in [0.15, 0.2) is 6.07 Å². The molecule has 19 heavy (non-hydrogen) atoms. The molecule has 1 aromatic heterocycles. The maximum absolute atomic E-state index is 12.6. The van der Waals surface area contributed by atoms with Crippen LogP contribution in [0.2, 0.25) is 0 Å². The number of aromatic nitrogens is 2. The van der Waals surface area contributed by atoms with Crippen molar-refractivity contribution in [1.82, 2.24) is 9.97 Å². The first-order valence-corrected chi connectivity index (χ1v) is 5.48. The van der Waals surface area contributed by atoms with Crippen LogP contribution in [0.25, 0.3) is 0 Å². The Morgan fingerprint density at radius 3 is 2.53 bits per heavy atom. The van der Waals surface area contributed by atoms with Gasteiger partial charge < -0.3 is 10.0 Å². The number of nitrogens with zero attached hydrogens (tertiary/aromatic N) is 3. The topological polar surface area (TPSA) is 66.3 Å². The first-order valence-electron chi connectivity index (χ1n) is 5.48. The Labute approximate surface area is 108 Å². The van der Waals surface area contributed by atoms with Gasteiger partial charge in [0.1, 0.15) is 5.69 Å². The van der Waals surface area contributed by atoms with Gasteiger partial charge in [-0.15, -0.1) is 0 Å². The fourth-order valence-corrected chi connectivity index (χ4v) is 1.44. The van der Waals surface area contributed by atoms with E-state index in [1.165, 1.54) is 25.8 Å². The number of anilines is 1. The van der Waals surface area contributed by atoms with E-state index in [2.05, 4.69) is 9.97 Å². The minimum absolute atomic E-state index is 0.0239. The van der Waals surface area contributed by atoms with Crippen LogP contribution in [0, 0.1) is 12.8 Å². The molecule has 1 rings (SSSR count). The fraction of sp³-hybridized carbons (Fsp3) is 0.545. The Bertz CT molecular complexity index is 477. The van der Waals surface area contributed by atoms with Crippen molar-refractivity contribution in [1.29, 1.82) is 0 Å². The van der Waals surface area contributed by atoms with Crippen LogP contribution in [0.4, 0.5) is 19.1 Å². The summed E-state index contributed by atoms with van der Waals surface area (Å²) in [5.41, 5.74) is -0.864. The second-order valence-electron chi connectivity index (χ2n) is 4.31. The molecule has 1 N–H and O–H groups in total. The summed E-state index contributed by atoms with van der Waals surface area (Å²) in [7, 11) is 1.45. The Morgan fingerprint density at radius 2 is 2.05 bits per heavy atom. The monoisotopic (exact) mass is 277 g/mol. The molecule has 1 aromatic rings. The van der Waals surface area contributed by atoms with Crippen LogP contribution in [0.1, 0.15) is 18.3 Å². The lowest BCUT2D eigenvalue weighted by molar-refractivity contribution is -0.142. The van der Waals surface area contributed by atoms with E-state index >= 15 is 0 Å². The average molecular weight is 277 g/mol. The highest BCUT2D eigenvalue weighted by Crippen LogP contribution is 2.28. The third kappa shape index (κ3) is 4.08. The first kappa shape index (κ1) is 15.2. The number of alkyl halides is 3. The van der Waals surface area contributed by atoms with Crippen molar-refractivity contribution in [2.75, 3.05) is 18.5 Å². The molecule has 0 aliphatic rings. The van der Waals surface area contributed by atoms with E-state index in [0.29, 0.717) is 0 Å². The summed E-state index contributed by atoms with van der Waals surface area (Å²) in [6.07, 6.45) is -4.55. The molecule has 0 aliphatic heterocycles. The van der Waals surface area contributed by atoms with Crippen molar-refractivity contribution in [2.24, 2.45) is 5.92 Å². The summed E-state index contributed by atoms with van der Waals surface area (Å²) < 4.78 is 37.8. The van der Waals surface area contributed by atoms with E-state index in [4.69, 9.17) is 5.11 Å². The second-order valence-corrected chi connectivity index (χ2v) is 4.31. The second kappa shape index (κ2) is 5.41. The van der Waals surface area contributed by atoms with Crippen LogP contribution in [0.5, 0.6) is 0 Å². The number of rotatable bonds is 4. The fourth-order valence-electron chi connectivity index (χ4n) is 1.44. The predicted molar refractivity (Wildman–Crippen MR) is 61.8 cm³/mol. The molecule has 1 atom stereocenters. The first-order chi connectivity index (χ1) is 8.61. The Kier molecular flexibility index (Phi) is 4.33. The number of aryl methyl sites for hydroxylation is 1. The summed E-state index contributed by atoms with van der Waals surface area (Å²) in [5.74, 6) is -1.90. The number of aliphatic carboxylic acids is 1. The summed E-state index contributed by atoms with van der Waals surface area (Å²) in [4.78, 5) is 19.3. The lowest BCUT2D eigenvalue weighted by atomic mass is 10.2. The molecule has 5 nitrogen and oxygen atoms in total. The summed E-state index contributed by atoms with van der Waals surface area (Å²) in [6, 6.07) is 0.845. The van der Waals surface area contributed by atoms with Crippen molar-refractivity contribution in [3.63, 3.8) is 0 Å². The molecule has 0 bridgehead atoms. The van der Waals surface area contributed by atoms with Crippen LogP contribution < -0.4 is 4.90 Å². The zero-order chi connectivity index (χ0) is 14.8. The number of carboxylic acids is 1. The molecule has 0 spiro atoms. The maximum Gasteiger partial charge on any atom is 0.433 e. The molecule has 0 saturated heterocycles. The smallest absolute Gasteiger partial charge is 0.433 e. The van der Waals surface area contributed by atoms with E-state index < -0.39 is 23.8 Å². The van der Waals surface area contributed by atoms with Crippen molar-refractivity contribution in [3.05, 3.63) is 17.5 Å². The molecule has 0 aromatic carbocycles. The normalized spacial score (nSPS) is 13.2. The minimum Gasteiger partial charge on any atom is -0.481 e. The zero-order valence-corrected chi connectivity index (χ0v) is 10.7. The van der Waals surface area contributed by atoms with Gasteiger partial charge in [0.05, 0.1) is 5.92 Å². The van der Waals surface area contributed by atoms with Crippen LogP contribution in [-0.4, -0.2) is 34.6 Å². The van der Waals surface area contributed by atoms with Gasteiger partial charge in [0, 0.05) is 19.3 Å². The van der Waals surface area contributed by atoms with E-state index in [0.717, 1.165) is 6.07 Å². The minimum atomic E-state index is -4.55. The van der Waals surface area contributed by atoms with Crippen LogP contribution >= 0.6 is 0 Å². The van der Waals surface area contributed by atoms with Gasteiger partial charge in [-0.1, -0.05) is 6.92 Å². The van der Waals surface area contributed by atoms with Gasteiger partial charge in [-0.25, -0.2) is 9.97 Å². The van der Waals surface area contributed by atoms with E-state index in [9.17, 15) is 18.0 Å². The van der Waals surface area contributed by atoms with Crippen molar-refractivity contribution < 1.29 is 23.1 Å². The van der Waals surface area contributed by atoms with Crippen LogP contribution in [-0.2, 0) is 11.0 Å². The summed E-state index contributed by atoms with van der Waals surface area (Å²) >= 11 is 0. The SMILES string of the molecule is Cc1cc(C(F)(F)F)nc(N(C)CC(C)C(=O)O)n1. The molecule has 1 unspecified atom stereocenters. The Balaban J connectivity index is 3.01. The lowest BCUT2D eigenvalue weighted by Crippen LogP contribution is -2.30. The maximum atomic E-state index is 12.6. The molecule has 8 heteroatoms. The molecule has 0 amide bonds. The third-order valence-electron chi connectivity index (χ3n) is 2.44. The predicted octanol–water partition coefficient (Wildman–Crippen LogP) is 1.96. The largest absolute Gasteiger partial charge is 0.481 e. The van der Waals surface area contributed by atoms with Gasteiger partial charge in [0.2, 0.25) is 5.95 Å². The van der Waals surface area contributed by atoms with Crippen molar-refractivity contribution in [2.45, 2.75) is 20.0 Å². The molecule has 0 aliphatic carbocycles. The average Bonchev–Trinajstić information content (AvgIpc) is 2.26. The molecular formula is C11H14F3N3O2. The van der Waals surface area contributed by atoms with Gasteiger partial charge in [-0.3, -0.25) is 4.79 Å².